The Morgan fingerprint density at radius 2 is 0.797 bits per heavy atom. The highest BCUT2D eigenvalue weighted by molar-refractivity contribution is 6.24. The summed E-state index contributed by atoms with van der Waals surface area (Å²) < 4.78 is 2.52. The fourth-order valence-corrected chi connectivity index (χ4v) is 10.7. The van der Waals surface area contributed by atoms with Crippen LogP contribution >= 0.6 is 0 Å². The van der Waals surface area contributed by atoms with E-state index in [1.165, 1.54) is 43.1 Å². The van der Waals surface area contributed by atoms with Gasteiger partial charge in [0.15, 0.2) is 17.5 Å². The predicted octanol–water partition coefficient (Wildman–Crippen LogP) is 17.1. The number of hydrogen-bond donors (Lipinski definition) is 0. The van der Waals surface area contributed by atoms with Crippen molar-refractivity contribution in [3.05, 3.63) is 243 Å². The van der Waals surface area contributed by atoms with E-state index < -0.39 is 0 Å². The summed E-state index contributed by atoms with van der Waals surface area (Å²) in [5.41, 5.74) is 10.6. The second-order valence-corrected chi connectivity index (χ2v) is 17.9. The second-order valence-electron chi connectivity index (χ2n) is 17.9. The molecule has 0 aliphatic carbocycles. The minimum Gasteiger partial charge on any atom is -0.308 e. The van der Waals surface area contributed by atoms with Gasteiger partial charge in [0, 0.05) is 38.4 Å². The van der Waals surface area contributed by atoms with Gasteiger partial charge in [0.05, 0.1) is 16.7 Å². The zero-order valence-corrected chi connectivity index (χ0v) is 37.4. The van der Waals surface area contributed by atoms with Crippen LogP contribution in [0.1, 0.15) is 0 Å². The Hall–Kier alpha value is -9.25. The van der Waals surface area contributed by atoms with Crippen molar-refractivity contribution in [3.63, 3.8) is 0 Å². The number of benzene rings is 12. The van der Waals surface area contributed by atoms with E-state index in [0.717, 1.165) is 77.2 Å². The molecule has 0 unspecified atom stereocenters. The lowest BCUT2D eigenvalue weighted by Gasteiger charge is -2.20. The smallest absolute Gasteiger partial charge is 0.164 e. The molecule has 0 bridgehead atoms. The molecule has 0 aliphatic rings. The third kappa shape index (κ3) is 6.41. The lowest BCUT2D eigenvalue weighted by Crippen LogP contribution is -2.04. The third-order valence-corrected chi connectivity index (χ3v) is 14.0. The molecule has 69 heavy (non-hydrogen) atoms. The quantitative estimate of drug-likeness (QED) is 0.167. The van der Waals surface area contributed by atoms with E-state index in [4.69, 9.17) is 15.0 Å². The molecular weight excluding hydrogens is 837 g/mol. The van der Waals surface area contributed by atoms with Crippen molar-refractivity contribution in [1.82, 2.24) is 19.5 Å². The van der Waals surface area contributed by atoms with Gasteiger partial charge in [-0.05, 0) is 102 Å². The maximum atomic E-state index is 5.50. The summed E-state index contributed by atoms with van der Waals surface area (Å²) in [7, 11) is 0. The van der Waals surface area contributed by atoms with Crippen molar-refractivity contribution in [2.45, 2.75) is 0 Å². The van der Waals surface area contributed by atoms with Gasteiger partial charge in [-0.3, -0.25) is 0 Å². The van der Waals surface area contributed by atoms with Gasteiger partial charge in [-0.15, -0.1) is 0 Å². The van der Waals surface area contributed by atoms with Crippen LogP contribution in [0.3, 0.4) is 0 Å². The molecule has 0 fully saturated rings. The van der Waals surface area contributed by atoms with Crippen LogP contribution in [0.5, 0.6) is 0 Å². The molecule has 0 N–H and O–H groups in total. The van der Waals surface area contributed by atoms with Crippen LogP contribution in [-0.4, -0.2) is 19.5 Å². The minimum absolute atomic E-state index is 0.608. The Kier molecular flexibility index (Phi) is 8.86. The topological polar surface area (TPSA) is 43.6 Å². The molecule has 2 heterocycles. The first kappa shape index (κ1) is 39.0. The maximum absolute atomic E-state index is 5.50. The van der Waals surface area contributed by atoms with E-state index in [0.29, 0.717) is 17.5 Å². The van der Waals surface area contributed by atoms with Gasteiger partial charge < -0.3 is 4.57 Å². The van der Waals surface area contributed by atoms with Crippen molar-refractivity contribution in [2.24, 2.45) is 0 Å². The standard InChI is InChI=1S/C65H40N4/c1-2-16-41(17-3-1)46-25-14-26-50(37-46)63-66-64(55-31-15-24-43-19-8-10-27-51(43)55)68-65(67-63)57-40-56(49-33-32-42-18-4-5-21-45(42)36-49)62(54-30-13-12-29-53(54)57)69-59-35-34-44-20-9-11-28-52(44)61(59)58-38-47-22-6-7-23-48(47)39-60(58)69/h1-40H. The molecule has 0 radical (unpaired) electrons. The van der Waals surface area contributed by atoms with Gasteiger partial charge in [-0.1, -0.05) is 206 Å². The summed E-state index contributed by atoms with van der Waals surface area (Å²) in [5, 5.41) is 14.1. The number of nitrogens with zero attached hydrogens (tertiary/aromatic N) is 4. The molecule has 320 valence electrons. The Morgan fingerprint density at radius 1 is 0.246 bits per heavy atom. The van der Waals surface area contributed by atoms with Crippen LogP contribution in [-0.2, 0) is 0 Å². The van der Waals surface area contributed by atoms with Crippen molar-refractivity contribution in [3.8, 4) is 62.1 Å². The van der Waals surface area contributed by atoms with Gasteiger partial charge in [0.25, 0.3) is 0 Å². The summed E-state index contributed by atoms with van der Waals surface area (Å²) in [5.74, 6) is 1.85. The van der Waals surface area contributed by atoms with Crippen LogP contribution < -0.4 is 0 Å². The molecule has 12 aromatic carbocycles. The molecular formula is C65H40N4. The molecule has 4 heteroatoms. The number of fused-ring (bicyclic) bond motifs is 9. The highest BCUT2D eigenvalue weighted by Gasteiger charge is 2.24. The van der Waals surface area contributed by atoms with Gasteiger partial charge in [-0.25, -0.2) is 15.0 Å². The molecule has 0 saturated heterocycles. The molecule has 14 aromatic rings. The van der Waals surface area contributed by atoms with Gasteiger partial charge in [0.2, 0.25) is 0 Å². The van der Waals surface area contributed by atoms with E-state index in [1.807, 2.05) is 0 Å². The Morgan fingerprint density at radius 3 is 1.59 bits per heavy atom. The van der Waals surface area contributed by atoms with Gasteiger partial charge in [-0.2, -0.15) is 0 Å². The normalized spacial score (nSPS) is 11.8. The number of hydrogen-bond acceptors (Lipinski definition) is 3. The lowest BCUT2D eigenvalue weighted by atomic mass is 9.92. The Balaban J connectivity index is 1.11. The van der Waals surface area contributed by atoms with Crippen molar-refractivity contribution < 1.29 is 0 Å². The van der Waals surface area contributed by atoms with E-state index >= 15 is 0 Å². The third-order valence-electron chi connectivity index (χ3n) is 14.0. The number of rotatable bonds is 6. The van der Waals surface area contributed by atoms with Crippen LogP contribution in [0.15, 0.2) is 243 Å². The van der Waals surface area contributed by atoms with Crippen LogP contribution in [0.2, 0.25) is 0 Å². The van der Waals surface area contributed by atoms with Crippen molar-refractivity contribution in [1.29, 1.82) is 0 Å². The molecule has 4 nitrogen and oxygen atoms in total. The molecule has 0 saturated carbocycles. The average molecular weight is 877 g/mol. The highest BCUT2D eigenvalue weighted by Crippen LogP contribution is 2.46. The van der Waals surface area contributed by atoms with Gasteiger partial charge in [0.1, 0.15) is 0 Å². The summed E-state index contributed by atoms with van der Waals surface area (Å²) in [4.78, 5) is 16.3. The first-order valence-corrected chi connectivity index (χ1v) is 23.5. The second kappa shape index (κ2) is 15.7. The number of aromatic nitrogens is 4. The SMILES string of the molecule is c1ccc(-c2cccc(-c3nc(-c4cccc5ccccc45)nc(-c4cc(-c5ccc6ccccc6c5)c(-n5c6cc7ccccc7cc6c6c7ccccc7ccc65)c5ccccc45)n3)c2)cc1. The van der Waals surface area contributed by atoms with E-state index in [2.05, 4.69) is 247 Å². The van der Waals surface area contributed by atoms with Crippen molar-refractivity contribution >= 4 is 75.7 Å². The Bertz CT molecular complexity index is 4370. The van der Waals surface area contributed by atoms with E-state index in [-0.39, 0.29) is 0 Å². The first-order chi connectivity index (χ1) is 34.2. The maximum Gasteiger partial charge on any atom is 0.164 e. The molecule has 0 amide bonds. The molecule has 2 aromatic heterocycles. The average Bonchev–Trinajstić information content (AvgIpc) is 3.74. The monoisotopic (exact) mass is 876 g/mol. The van der Waals surface area contributed by atoms with E-state index in [1.54, 1.807) is 0 Å². The predicted molar refractivity (Wildman–Crippen MR) is 289 cm³/mol. The summed E-state index contributed by atoms with van der Waals surface area (Å²) in [6, 6.07) is 87.3. The van der Waals surface area contributed by atoms with Crippen LogP contribution in [0, 0.1) is 0 Å². The van der Waals surface area contributed by atoms with Crippen LogP contribution in [0.25, 0.3) is 138 Å². The van der Waals surface area contributed by atoms with Gasteiger partial charge >= 0.3 is 0 Å². The lowest BCUT2D eigenvalue weighted by molar-refractivity contribution is 1.08. The molecule has 14 rings (SSSR count). The zero-order valence-electron chi connectivity index (χ0n) is 37.4. The molecule has 0 spiro atoms. The largest absolute Gasteiger partial charge is 0.308 e. The first-order valence-electron chi connectivity index (χ1n) is 23.5. The van der Waals surface area contributed by atoms with Crippen molar-refractivity contribution in [2.75, 3.05) is 0 Å². The Labute approximate surface area is 398 Å². The fraction of sp³-hybridized carbons (Fsp3) is 0. The zero-order chi connectivity index (χ0) is 45.4. The molecule has 0 atom stereocenters. The minimum atomic E-state index is 0.608. The van der Waals surface area contributed by atoms with Crippen LogP contribution in [0.4, 0.5) is 0 Å². The summed E-state index contributed by atoms with van der Waals surface area (Å²) in [6.45, 7) is 0. The summed E-state index contributed by atoms with van der Waals surface area (Å²) >= 11 is 0. The fourth-order valence-electron chi connectivity index (χ4n) is 10.7. The highest BCUT2D eigenvalue weighted by atomic mass is 15.0. The molecule has 0 aliphatic heterocycles. The van der Waals surface area contributed by atoms with E-state index in [9.17, 15) is 0 Å². The summed E-state index contributed by atoms with van der Waals surface area (Å²) in [6.07, 6.45) is 0.